The monoisotopic (exact) mass is 250 g/mol. The van der Waals surface area contributed by atoms with E-state index in [9.17, 15) is 0 Å². The van der Waals surface area contributed by atoms with Crippen LogP contribution in [0.5, 0.6) is 0 Å². The molecule has 6 heteroatoms. The van der Waals surface area contributed by atoms with Crippen LogP contribution in [0.3, 0.4) is 0 Å². The summed E-state index contributed by atoms with van der Waals surface area (Å²) in [7, 11) is 0. The molecule has 3 rings (SSSR count). The lowest BCUT2D eigenvalue weighted by Gasteiger charge is -2.06. The summed E-state index contributed by atoms with van der Waals surface area (Å²) in [5.41, 5.74) is 7.36. The Bertz CT molecular complexity index is 783. The summed E-state index contributed by atoms with van der Waals surface area (Å²) in [6.07, 6.45) is 3.28. The van der Waals surface area contributed by atoms with Gasteiger partial charge in [-0.15, -0.1) is 0 Å². The summed E-state index contributed by atoms with van der Waals surface area (Å²) in [6, 6.07) is 9.74. The lowest BCUT2D eigenvalue weighted by atomic mass is 10.3. The van der Waals surface area contributed by atoms with Crippen molar-refractivity contribution in [3.8, 4) is 11.9 Å². The summed E-state index contributed by atoms with van der Waals surface area (Å²) >= 11 is 0. The van der Waals surface area contributed by atoms with Gasteiger partial charge in [-0.2, -0.15) is 5.26 Å². The maximum atomic E-state index is 8.91. The third-order valence-electron chi connectivity index (χ3n) is 2.74. The number of nitrogens with two attached hydrogens (primary N) is 1. The number of nitrogens with zero attached hydrogens (tertiary/aromatic N) is 5. The summed E-state index contributed by atoms with van der Waals surface area (Å²) in [5.74, 6) is 1.53. The van der Waals surface area contributed by atoms with Crippen molar-refractivity contribution < 1.29 is 0 Å². The molecule has 0 amide bonds. The van der Waals surface area contributed by atoms with Gasteiger partial charge in [-0.25, -0.2) is 9.97 Å². The number of nitrogen functional groups attached to an aromatic ring is 1. The quantitative estimate of drug-likeness (QED) is 0.743. The van der Waals surface area contributed by atoms with Gasteiger partial charge in [-0.3, -0.25) is 9.55 Å². The van der Waals surface area contributed by atoms with Crippen LogP contribution in [0.25, 0.3) is 16.9 Å². The SMILES string of the molecule is N#CCc1nc2ccccc2n1-c1cncc(N)n1. The summed E-state index contributed by atoms with van der Waals surface area (Å²) in [4.78, 5) is 12.7. The molecule has 0 unspecified atom stereocenters. The highest BCUT2D eigenvalue weighted by atomic mass is 15.2. The lowest BCUT2D eigenvalue weighted by molar-refractivity contribution is 0.913. The van der Waals surface area contributed by atoms with E-state index < -0.39 is 0 Å². The number of aromatic nitrogens is 4. The molecular formula is C13H10N6. The highest BCUT2D eigenvalue weighted by Crippen LogP contribution is 2.20. The van der Waals surface area contributed by atoms with Crippen LogP contribution < -0.4 is 5.73 Å². The van der Waals surface area contributed by atoms with Crippen molar-refractivity contribution in [2.45, 2.75) is 6.42 Å². The van der Waals surface area contributed by atoms with Crippen LogP contribution in [-0.4, -0.2) is 19.5 Å². The number of nitriles is 1. The summed E-state index contributed by atoms with van der Waals surface area (Å²) < 4.78 is 1.81. The minimum atomic E-state index is 0.200. The average Bonchev–Trinajstić information content (AvgIpc) is 2.77. The van der Waals surface area contributed by atoms with E-state index in [0.717, 1.165) is 11.0 Å². The van der Waals surface area contributed by atoms with Gasteiger partial charge < -0.3 is 5.73 Å². The molecule has 0 aliphatic heterocycles. The second kappa shape index (κ2) is 4.38. The molecule has 0 saturated heterocycles. The van der Waals surface area contributed by atoms with E-state index in [1.54, 1.807) is 6.20 Å². The standard InChI is InChI=1S/C13H10N6/c14-6-5-12-17-9-3-1-2-4-10(9)19(12)13-8-16-7-11(15)18-13/h1-4,7-8H,5H2,(H2,15,18). The van der Waals surface area contributed by atoms with E-state index in [4.69, 9.17) is 11.0 Å². The van der Waals surface area contributed by atoms with Gasteiger partial charge in [0.2, 0.25) is 0 Å². The molecular weight excluding hydrogens is 240 g/mol. The largest absolute Gasteiger partial charge is 0.382 e. The van der Waals surface area contributed by atoms with E-state index in [1.165, 1.54) is 6.20 Å². The number of imidazole rings is 1. The Labute approximate surface area is 109 Å². The Morgan fingerprint density at radius 3 is 2.84 bits per heavy atom. The lowest BCUT2D eigenvalue weighted by Crippen LogP contribution is -2.05. The third-order valence-corrected chi connectivity index (χ3v) is 2.74. The Morgan fingerprint density at radius 2 is 2.05 bits per heavy atom. The first-order valence-corrected chi connectivity index (χ1v) is 5.71. The molecule has 19 heavy (non-hydrogen) atoms. The van der Waals surface area contributed by atoms with Crippen LogP contribution in [-0.2, 0) is 6.42 Å². The molecule has 0 atom stereocenters. The topological polar surface area (TPSA) is 93.4 Å². The first-order chi connectivity index (χ1) is 9.29. The maximum Gasteiger partial charge on any atom is 0.159 e. The van der Waals surface area contributed by atoms with Crippen LogP contribution >= 0.6 is 0 Å². The van der Waals surface area contributed by atoms with Crippen molar-refractivity contribution in [1.29, 1.82) is 5.26 Å². The van der Waals surface area contributed by atoms with Crippen molar-refractivity contribution in [3.05, 3.63) is 42.5 Å². The Balaban J connectivity index is 2.31. The fourth-order valence-corrected chi connectivity index (χ4v) is 2.00. The van der Waals surface area contributed by atoms with Gasteiger partial charge in [0.15, 0.2) is 5.82 Å². The Hall–Kier alpha value is -2.94. The number of hydrogen-bond acceptors (Lipinski definition) is 5. The Morgan fingerprint density at radius 1 is 1.21 bits per heavy atom. The van der Waals surface area contributed by atoms with E-state index in [1.807, 2.05) is 28.8 Å². The minimum absolute atomic E-state index is 0.200. The molecule has 2 N–H and O–H groups in total. The number of rotatable bonds is 2. The van der Waals surface area contributed by atoms with Crippen molar-refractivity contribution in [1.82, 2.24) is 19.5 Å². The van der Waals surface area contributed by atoms with Gasteiger partial charge >= 0.3 is 0 Å². The number of anilines is 1. The number of hydrogen-bond donors (Lipinski definition) is 1. The molecule has 0 aliphatic rings. The van der Waals surface area contributed by atoms with Crippen LogP contribution in [0.15, 0.2) is 36.7 Å². The van der Waals surface area contributed by atoms with Crippen LogP contribution in [0.4, 0.5) is 5.82 Å². The van der Waals surface area contributed by atoms with Crippen molar-refractivity contribution in [3.63, 3.8) is 0 Å². The number of fused-ring (bicyclic) bond motifs is 1. The smallest absolute Gasteiger partial charge is 0.159 e. The number of para-hydroxylation sites is 2. The molecule has 0 aliphatic carbocycles. The van der Waals surface area contributed by atoms with Gasteiger partial charge in [0.25, 0.3) is 0 Å². The molecule has 6 nitrogen and oxygen atoms in total. The molecule has 0 bridgehead atoms. The summed E-state index contributed by atoms with van der Waals surface area (Å²) in [5, 5.41) is 8.91. The third kappa shape index (κ3) is 1.87. The fourth-order valence-electron chi connectivity index (χ4n) is 2.00. The minimum Gasteiger partial charge on any atom is -0.382 e. The molecule has 0 spiro atoms. The molecule has 1 aromatic carbocycles. The van der Waals surface area contributed by atoms with Crippen molar-refractivity contribution in [2.75, 3.05) is 5.73 Å². The molecule has 0 saturated carbocycles. The van der Waals surface area contributed by atoms with Gasteiger partial charge in [0, 0.05) is 0 Å². The summed E-state index contributed by atoms with van der Waals surface area (Å²) in [6.45, 7) is 0. The zero-order chi connectivity index (χ0) is 13.2. The van der Waals surface area contributed by atoms with E-state index in [-0.39, 0.29) is 6.42 Å². The predicted octanol–water partition coefficient (Wildman–Crippen LogP) is 1.46. The fraction of sp³-hybridized carbons (Fsp3) is 0.0769. The first kappa shape index (κ1) is 11.2. The van der Waals surface area contributed by atoms with Crippen LogP contribution in [0.2, 0.25) is 0 Å². The van der Waals surface area contributed by atoms with Gasteiger partial charge in [-0.1, -0.05) is 12.1 Å². The molecule has 2 aromatic heterocycles. The molecule has 0 fully saturated rings. The molecule has 3 aromatic rings. The first-order valence-electron chi connectivity index (χ1n) is 5.71. The highest BCUT2D eigenvalue weighted by molar-refractivity contribution is 5.77. The zero-order valence-electron chi connectivity index (χ0n) is 9.98. The number of benzene rings is 1. The molecule has 92 valence electrons. The van der Waals surface area contributed by atoms with Gasteiger partial charge in [-0.05, 0) is 12.1 Å². The van der Waals surface area contributed by atoms with Gasteiger partial charge in [0.05, 0.1) is 35.9 Å². The van der Waals surface area contributed by atoms with E-state index in [2.05, 4.69) is 21.0 Å². The second-order valence-corrected chi connectivity index (χ2v) is 3.99. The van der Waals surface area contributed by atoms with E-state index in [0.29, 0.717) is 17.5 Å². The maximum absolute atomic E-state index is 8.91. The van der Waals surface area contributed by atoms with Crippen molar-refractivity contribution >= 4 is 16.9 Å². The normalized spacial score (nSPS) is 10.5. The van der Waals surface area contributed by atoms with Crippen molar-refractivity contribution in [2.24, 2.45) is 0 Å². The van der Waals surface area contributed by atoms with Crippen LogP contribution in [0.1, 0.15) is 5.82 Å². The predicted molar refractivity (Wildman–Crippen MR) is 70.4 cm³/mol. The molecule has 0 radical (unpaired) electrons. The Kier molecular flexibility index (Phi) is 2.58. The van der Waals surface area contributed by atoms with Crippen LogP contribution in [0, 0.1) is 11.3 Å². The second-order valence-electron chi connectivity index (χ2n) is 3.99. The van der Waals surface area contributed by atoms with E-state index >= 15 is 0 Å². The molecule has 2 heterocycles. The zero-order valence-corrected chi connectivity index (χ0v) is 9.98. The highest BCUT2D eigenvalue weighted by Gasteiger charge is 2.13. The average molecular weight is 250 g/mol. The van der Waals surface area contributed by atoms with Gasteiger partial charge in [0.1, 0.15) is 11.6 Å².